The zero-order valence-corrected chi connectivity index (χ0v) is 12.0. The van der Waals surface area contributed by atoms with Crippen LogP contribution in [0.1, 0.15) is 29.1 Å². The number of aromatic amines is 1. The van der Waals surface area contributed by atoms with Gasteiger partial charge in [0.15, 0.2) is 0 Å². The molecule has 0 radical (unpaired) electrons. The van der Waals surface area contributed by atoms with E-state index < -0.39 is 0 Å². The number of hydrogen-bond donors (Lipinski definition) is 2. The number of nitrogens with one attached hydrogen (secondary N) is 2. The van der Waals surface area contributed by atoms with Crippen molar-refractivity contribution in [2.45, 2.75) is 33.2 Å². The van der Waals surface area contributed by atoms with Gasteiger partial charge in [-0.3, -0.25) is 4.79 Å². The van der Waals surface area contributed by atoms with Crippen LogP contribution in [0.3, 0.4) is 0 Å². The molecule has 0 saturated carbocycles. The number of H-pyrrole nitrogens is 1. The summed E-state index contributed by atoms with van der Waals surface area (Å²) in [5.74, 6) is 3.28. The number of thiophene rings is 1. The smallest absolute Gasteiger partial charge is 0.259 e. The molecule has 2 aromatic rings. The zero-order chi connectivity index (χ0) is 13.8. The second-order valence-electron chi connectivity index (χ2n) is 4.46. The van der Waals surface area contributed by atoms with Crippen LogP contribution < -0.4 is 10.9 Å². The molecule has 0 aromatic carbocycles. The van der Waals surface area contributed by atoms with Gasteiger partial charge in [0.1, 0.15) is 10.7 Å². The topological polar surface area (TPSA) is 57.8 Å². The summed E-state index contributed by atoms with van der Waals surface area (Å²) < 4.78 is 0. The molecule has 0 amide bonds. The van der Waals surface area contributed by atoms with Gasteiger partial charge in [-0.15, -0.1) is 23.7 Å². The molecule has 2 heterocycles. The van der Waals surface area contributed by atoms with Crippen LogP contribution in [-0.4, -0.2) is 16.5 Å². The predicted octanol–water partition coefficient (Wildman–Crippen LogP) is 2.10. The Labute approximate surface area is 116 Å². The summed E-state index contributed by atoms with van der Waals surface area (Å²) in [6.45, 7) is 5.36. The molecule has 2 rings (SSSR count). The Bertz CT molecular complexity index is 678. The number of terminal acetylenes is 1. The molecule has 100 valence electrons. The number of hydrogen-bond acceptors (Lipinski definition) is 4. The van der Waals surface area contributed by atoms with E-state index in [9.17, 15) is 4.79 Å². The van der Waals surface area contributed by atoms with Crippen LogP contribution in [-0.2, 0) is 6.54 Å². The van der Waals surface area contributed by atoms with Crippen molar-refractivity contribution >= 4 is 21.6 Å². The highest BCUT2D eigenvalue weighted by molar-refractivity contribution is 7.18. The van der Waals surface area contributed by atoms with Gasteiger partial charge in [0.05, 0.1) is 11.9 Å². The maximum atomic E-state index is 12.0. The fourth-order valence-corrected chi connectivity index (χ4v) is 2.95. The number of rotatable bonds is 5. The summed E-state index contributed by atoms with van der Waals surface area (Å²) in [4.78, 5) is 21.3. The van der Waals surface area contributed by atoms with Gasteiger partial charge in [0.2, 0.25) is 0 Å². The normalized spacial score (nSPS) is 10.8. The first kappa shape index (κ1) is 13.8. The predicted molar refractivity (Wildman–Crippen MR) is 79.5 cm³/mol. The Morgan fingerprint density at radius 2 is 2.26 bits per heavy atom. The molecular weight excluding hydrogens is 258 g/mol. The van der Waals surface area contributed by atoms with Gasteiger partial charge in [-0.25, -0.2) is 4.98 Å². The Hall–Kier alpha value is -1.64. The molecule has 19 heavy (non-hydrogen) atoms. The lowest BCUT2D eigenvalue weighted by Gasteiger charge is -2.03. The fraction of sp³-hybridized carbons (Fsp3) is 0.429. The van der Waals surface area contributed by atoms with Gasteiger partial charge in [-0.05, 0) is 32.4 Å². The Kier molecular flexibility index (Phi) is 4.35. The van der Waals surface area contributed by atoms with Crippen LogP contribution in [0.15, 0.2) is 4.79 Å². The highest BCUT2D eigenvalue weighted by Gasteiger charge is 2.11. The van der Waals surface area contributed by atoms with Crippen LogP contribution in [0.2, 0.25) is 0 Å². The number of unbranched alkanes of at least 4 members (excludes halogenated alkanes) is 1. The lowest BCUT2D eigenvalue weighted by Crippen LogP contribution is -2.20. The van der Waals surface area contributed by atoms with E-state index in [1.807, 2.05) is 13.8 Å². The van der Waals surface area contributed by atoms with Gasteiger partial charge in [0, 0.05) is 11.3 Å². The van der Waals surface area contributed by atoms with Crippen molar-refractivity contribution in [3.8, 4) is 12.3 Å². The largest absolute Gasteiger partial charge is 0.310 e. The molecule has 0 aliphatic carbocycles. The minimum atomic E-state index is -0.0488. The molecule has 0 fully saturated rings. The van der Waals surface area contributed by atoms with E-state index in [0.717, 1.165) is 40.0 Å². The van der Waals surface area contributed by atoms with Crippen LogP contribution >= 0.6 is 11.3 Å². The Morgan fingerprint density at radius 3 is 3.00 bits per heavy atom. The summed E-state index contributed by atoms with van der Waals surface area (Å²) in [6.07, 6.45) is 6.88. The third-order valence-corrected chi connectivity index (χ3v) is 4.16. The lowest BCUT2D eigenvalue weighted by atomic mass is 10.2. The molecule has 0 aliphatic heterocycles. The quantitative estimate of drug-likeness (QED) is 0.649. The van der Waals surface area contributed by atoms with Crippen LogP contribution in [0, 0.1) is 26.2 Å². The van der Waals surface area contributed by atoms with E-state index in [2.05, 4.69) is 21.2 Å². The average Bonchev–Trinajstić information content (AvgIpc) is 2.65. The van der Waals surface area contributed by atoms with Crippen molar-refractivity contribution in [2.24, 2.45) is 0 Å². The SMILES string of the molecule is C#CCCCNCc1nc2sc(C)c(C)c2c(=O)[nH]1. The van der Waals surface area contributed by atoms with Crippen molar-refractivity contribution in [3.63, 3.8) is 0 Å². The molecular formula is C14H17N3OS. The zero-order valence-electron chi connectivity index (χ0n) is 11.2. The lowest BCUT2D eigenvalue weighted by molar-refractivity contribution is 0.638. The van der Waals surface area contributed by atoms with Gasteiger partial charge in [0.25, 0.3) is 5.56 Å². The standard InChI is InChI=1S/C14H17N3OS/c1-4-5-6-7-15-8-11-16-13(18)12-9(2)10(3)19-14(12)17-11/h1,15H,5-8H2,2-3H3,(H,16,17,18). The highest BCUT2D eigenvalue weighted by Crippen LogP contribution is 2.25. The number of aryl methyl sites for hydroxylation is 2. The number of aromatic nitrogens is 2. The Balaban J connectivity index is 2.13. The van der Waals surface area contributed by atoms with Crippen molar-refractivity contribution in [1.82, 2.24) is 15.3 Å². The van der Waals surface area contributed by atoms with Crippen LogP contribution in [0.25, 0.3) is 10.2 Å². The van der Waals surface area contributed by atoms with E-state index in [1.54, 1.807) is 11.3 Å². The maximum absolute atomic E-state index is 12.0. The number of nitrogens with zero attached hydrogens (tertiary/aromatic N) is 1. The molecule has 5 heteroatoms. The van der Waals surface area contributed by atoms with E-state index in [0.29, 0.717) is 12.4 Å². The van der Waals surface area contributed by atoms with Crippen molar-refractivity contribution < 1.29 is 0 Å². The Morgan fingerprint density at radius 1 is 1.47 bits per heavy atom. The first-order valence-electron chi connectivity index (χ1n) is 6.26. The second-order valence-corrected chi connectivity index (χ2v) is 5.66. The van der Waals surface area contributed by atoms with Crippen molar-refractivity contribution in [1.29, 1.82) is 0 Å². The van der Waals surface area contributed by atoms with E-state index in [-0.39, 0.29) is 5.56 Å². The van der Waals surface area contributed by atoms with Crippen molar-refractivity contribution in [3.05, 3.63) is 26.6 Å². The minimum Gasteiger partial charge on any atom is -0.310 e. The number of fused-ring (bicyclic) bond motifs is 1. The summed E-state index contributed by atoms with van der Waals surface area (Å²) in [5.41, 5.74) is 0.981. The molecule has 0 aliphatic rings. The summed E-state index contributed by atoms with van der Waals surface area (Å²) >= 11 is 1.57. The highest BCUT2D eigenvalue weighted by atomic mass is 32.1. The third kappa shape index (κ3) is 3.03. The van der Waals surface area contributed by atoms with Crippen LogP contribution in [0.5, 0.6) is 0 Å². The van der Waals surface area contributed by atoms with Gasteiger partial charge in [-0.1, -0.05) is 0 Å². The second kappa shape index (κ2) is 6.00. The molecule has 2 aromatic heterocycles. The van der Waals surface area contributed by atoms with E-state index in [4.69, 9.17) is 6.42 Å². The molecule has 0 unspecified atom stereocenters. The first-order valence-corrected chi connectivity index (χ1v) is 7.08. The van der Waals surface area contributed by atoms with Gasteiger partial charge in [-0.2, -0.15) is 0 Å². The summed E-state index contributed by atoms with van der Waals surface area (Å²) in [7, 11) is 0. The van der Waals surface area contributed by atoms with Crippen LogP contribution in [0.4, 0.5) is 0 Å². The molecule has 0 spiro atoms. The molecule has 0 saturated heterocycles. The minimum absolute atomic E-state index is 0.0488. The summed E-state index contributed by atoms with van der Waals surface area (Å²) in [6, 6.07) is 0. The average molecular weight is 275 g/mol. The molecule has 0 bridgehead atoms. The monoisotopic (exact) mass is 275 g/mol. The maximum Gasteiger partial charge on any atom is 0.259 e. The van der Waals surface area contributed by atoms with Gasteiger partial charge >= 0.3 is 0 Å². The molecule has 0 atom stereocenters. The third-order valence-electron chi connectivity index (χ3n) is 3.06. The van der Waals surface area contributed by atoms with Crippen molar-refractivity contribution in [2.75, 3.05) is 6.54 Å². The summed E-state index contributed by atoms with van der Waals surface area (Å²) in [5, 5.41) is 3.95. The molecule has 2 N–H and O–H groups in total. The first-order chi connectivity index (χ1) is 9.13. The van der Waals surface area contributed by atoms with E-state index in [1.165, 1.54) is 0 Å². The fourth-order valence-electron chi connectivity index (χ4n) is 1.91. The molecule has 4 nitrogen and oxygen atoms in total. The van der Waals surface area contributed by atoms with Gasteiger partial charge < -0.3 is 10.3 Å². The van der Waals surface area contributed by atoms with E-state index >= 15 is 0 Å².